The van der Waals surface area contributed by atoms with Gasteiger partial charge >= 0.3 is 0 Å². The Kier molecular flexibility index (Phi) is 9.28. The van der Waals surface area contributed by atoms with Gasteiger partial charge in [-0.25, -0.2) is 0 Å². The van der Waals surface area contributed by atoms with E-state index >= 15 is 0 Å². The average molecular weight is 622 g/mol. The fraction of sp³-hybridized carbons (Fsp3) is 0.0667. The molecule has 1 aliphatic rings. The van der Waals surface area contributed by atoms with Gasteiger partial charge in [0.05, 0.1) is 23.9 Å². The van der Waals surface area contributed by atoms with E-state index in [1.165, 1.54) is 17.4 Å². The normalized spacial score (nSPS) is 15.2. The van der Waals surface area contributed by atoms with E-state index < -0.39 is 0 Å². The molecule has 2 amide bonds. The van der Waals surface area contributed by atoms with Crippen LogP contribution in [0, 0.1) is 0 Å². The van der Waals surface area contributed by atoms with Crippen LogP contribution in [-0.4, -0.2) is 39.8 Å². The number of amides is 2. The Morgan fingerprint density at radius 1 is 1.02 bits per heavy atom. The number of phenols is 1. The highest BCUT2D eigenvalue weighted by Crippen LogP contribution is 2.36. The molecule has 1 aromatic heterocycles. The summed E-state index contributed by atoms with van der Waals surface area (Å²) in [4.78, 5) is 27.7. The van der Waals surface area contributed by atoms with Crippen LogP contribution in [0.25, 0.3) is 6.08 Å². The molecule has 2 heterocycles. The van der Waals surface area contributed by atoms with Crippen molar-refractivity contribution in [1.82, 2.24) is 4.90 Å². The van der Waals surface area contributed by atoms with E-state index in [1.54, 1.807) is 84.9 Å². The number of hydrogen-bond donors (Lipinski definition) is 2. The van der Waals surface area contributed by atoms with Gasteiger partial charge in [0.25, 0.3) is 11.8 Å². The first kappa shape index (κ1) is 29.0. The Bertz CT molecular complexity index is 1690. The second-order valence-corrected chi connectivity index (χ2v) is 10.7. The van der Waals surface area contributed by atoms with Gasteiger partial charge in [0.1, 0.15) is 17.3 Å². The zero-order valence-corrected chi connectivity index (χ0v) is 24.1. The summed E-state index contributed by atoms with van der Waals surface area (Å²) in [6.07, 6.45) is 4.54. The van der Waals surface area contributed by atoms with Crippen molar-refractivity contribution in [1.29, 1.82) is 0 Å². The molecule has 0 saturated carbocycles. The molecule has 0 bridgehead atoms. The topological polar surface area (TPSA) is 117 Å². The summed E-state index contributed by atoms with van der Waals surface area (Å²) < 4.78 is 11.2. The summed E-state index contributed by atoms with van der Waals surface area (Å²) in [5, 5.41) is 22.4. The van der Waals surface area contributed by atoms with Crippen LogP contribution < -0.4 is 10.1 Å². The van der Waals surface area contributed by atoms with Gasteiger partial charge in [-0.2, -0.15) is 5.10 Å². The SMILES string of the molecule is O=C(COc1ccc(Cl)cc1/C=C1\S/C(=N/N=C\c2ccccc2O)N(Cc2ccco2)C1=O)Nc1ccc(Cl)cc1. The molecule has 0 spiro atoms. The number of amidine groups is 1. The molecular formula is C30H22Cl2N4O5S. The first-order valence-electron chi connectivity index (χ1n) is 12.5. The number of aromatic hydroxyl groups is 1. The molecule has 9 nitrogen and oxygen atoms in total. The molecule has 0 unspecified atom stereocenters. The van der Waals surface area contributed by atoms with Gasteiger partial charge in [-0.05, 0) is 84.6 Å². The molecule has 0 aliphatic carbocycles. The Morgan fingerprint density at radius 3 is 2.57 bits per heavy atom. The van der Waals surface area contributed by atoms with Crippen molar-refractivity contribution in [3.8, 4) is 11.5 Å². The number of nitrogens with zero attached hydrogens (tertiary/aromatic N) is 3. The summed E-state index contributed by atoms with van der Waals surface area (Å²) >= 11 is 13.3. The van der Waals surface area contributed by atoms with Gasteiger partial charge in [0.15, 0.2) is 11.8 Å². The predicted molar refractivity (Wildman–Crippen MR) is 165 cm³/mol. The number of carbonyl (C=O) groups is 2. The van der Waals surface area contributed by atoms with E-state index in [4.69, 9.17) is 32.4 Å². The van der Waals surface area contributed by atoms with Crippen molar-refractivity contribution < 1.29 is 23.8 Å². The second kappa shape index (κ2) is 13.4. The third kappa shape index (κ3) is 7.41. The standard InChI is InChI=1S/C30H22Cl2N4O5S/c31-21-7-10-23(11-8-21)34-28(38)18-41-26-12-9-22(32)14-20(26)15-27-29(39)36(17-24-5-3-13-40-24)30(42-27)35-33-16-19-4-1-2-6-25(19)37/h1-16,37H,17-18H2,(H,34,38)/b27-15-,33-16-,35-30+. The van der Waals surface area contributed by atoms with Crippen LogP contribution in [0.4, 0.5) is 5.69 Å². The molecule has 0 radical (unpaired) electrons. The lowest BCUT2D eigenvalue weighted by molar-refractivity contribution is -0.122. The van der Waals surface area contributed by atoms with E-state index in [-0.39, 0.29) is 30.7 Å². The van der Waals surface area contributed by atoms with E-state index in [2.05, 4.69) is 15.5 Å². The summed E-state index contributed by atoms with van der Waals surface area (Å²) in [5.74, 6) is 0.256. The van der Waals surface area contributed by atoms with Crippen LogP contribution >= 0.6 is 35.0 Å². The minimum Gasteiger partial charge on any atom is -0.507 e. The zero-order valence-electron chi connectivity index (χ0n) is 21.7. The maximum absolute atomic E-state index is 13.5. The fourth-order valence-electron chi connectivity index (χ4n) is 3.80. The molecule has 212 valence electrons. The highest BCUT2D eigenvalue weighted by molar-refractivity contribution is 8.18. The number of para-hydroxylation sites is 1. The molecule has 12 heteroatoms. The summed E-state index contributed by atoms with van der Waals surface area (Å²) in [6, 6.07) is 21.8. The van der Waals surface area contributed by atoms with E-state index in [9.17, 15) is 14.7 Å². The minimum atomic E-state index is -0.376. The highest BCUT2D eigenvalue weighted by atomic mass is 35.5. The molecule has 5 rings (SSSR count). The average Bonchev–Trinajstić information content (AvgIpc) is 3.59. The van der Waals surface area contributed by atoms with Crippen LogP contribution in [0.15, 0.2) is 105 Å². The summed E-state index contributed by atoms with van der Waals surface area (Å²) in [6.45, 7) is -0.148. The molecule has 0 atom stereocenters. The predicted octanol–water partition coefficient (Wildman–Crippen LogP) is 6.82. The summed E-state index contributed by atoms with van der Waals surface area (Å²) in [5.41, 5.74) is 1.55. The van der Waals surface area contributed by atoms with Crippen molar-refractivity contribution in [2.24, 2.45) is 10.2 Å². The number of nitrogens with one attached hydrogen (secondary N) is 1. The van der Waals surface area contributed by atoms with Crippen molar-refractivity contribution in [3.05, 3.63) is 117 Å². The lowest BCUT2D eigenvalue weighted by Gasteiger charge is -2.13. The Labute approximate surface area is 255 Å². The van der Waals surface area contributed by atoms with Crippen LogP contribution in [0.3, 0.4) is 0 Å². The second-order valence-electron chi connectivity index (χ2n) is 8.79. The first-order chi connectivity index (χ1) is 20.4. The number of rotatable bonds is 9. The third-order valence-corrected chi connectivity index (χ3v) is 7.29. The van der Waals surface area contributed by atoms with Crippen molar-refractivity contribution in [2.75, 3.05) is 11.9 Å². The quantitative estimate of drug-likeness (QED) is 0.120. The number of thioether (sulfide) groups is 1. The number of carbonyl (C=O) groups excluding carboxylic acids is 2. The fourth-order valence-corrected chi connectivity index (χ4v) is 5.03. The summed E-state index contributed by atoms with van der Waals surface area (Å²) in [7, 11) is 0. The number of phenolic OH excluding ortho intramolecular Hbond substituents is 1. The first-order valence-corrected chi connectivity index (χ1v) is 14.0. The lowest BCUT2D eigenvalue weighted by Crippen LogP contribution is -2.28. The monoisotopic (exact) mass is 620 g/mol. The lowest BCUT2D eigenvalue weighted by atomic mass is 10.2. The van der Waals surface area contributed by atoms with Crippen molar-refractivity contribution in [3.63, 3.8) is 0 Å². The number of furan rings is 1. The van der Waals surface area contributed by atoms with Crippen LogP contribution in [0.2, 0.25) is 10.0 Å². The van der Waals surface area contributed by atoms with E-state index in [0.29, 0.717) is 48.4 Å². The number of hydrogen-bond acceptors (Lipinski definition) is 8. The smallest absolute Gasteiger partial charge is 0.267 e. The zero-order chi connectivity index (χ0) is 29.5. The van der Waals surface area contributed by atoms with Gasteiger partial charge in [0.2, 0.25) is 0 Å². The van der Waals surface area contributed by atoms with Crippen LogP contribution in [0.5, 0.6) is 11.5 Å². The maximum atomic E-state index is 13.5. The molecule has 42 heavy (non-hydrogen) atoms. The molecule has 3 aromatic carbocycles. The van der Waals surface area contributed by atoms with Gasteiger partial charge < -0.3 is 19.6 Å². The maximum Gasteiger partial charge on any atom is 0.267 e. The van der Waals surface area contributed by atoms with Gasteiger partial charge in [-0.15, -0.1) is 5.10 Å². The third-order valence-electron chi connectivity index (χ3n) is 5.80. The van der Waals surface area contributed by atoms with Crippen molar-refractivity contribution in [2.45, 2.75) is 6.54 Å². The number of anilines is 1. The number of ether oxygens (including phenoxy) is 1. The molecule has 4 aromatic rings. The van der Waals surface area contributed by atoms with Crippen molar-refractivity contribution >= 4 is 69.9 Å². The molecule has 2 N–H and O–H groups in total. The van der Waals surface area contributed by atoms with Crippen LogP contribution in [-0.2, 0) is 16.1 Å². The molecule has 1 saturated heterocycles. The number of benzene rings is 3. The minimum absolute atomic E-state index is 0.0555. The van der Waals surface area contributed by atoms with Crippen LogP contribution in [0.1, 0.15) is 16.9 Å². The largest absolute Gasteiger partial charge is 0.507 e. The molecular weight excluding hydrogens is 599 g/mol. The van der Waals surface area contributed by atoms with Gasteiger partial charge in [0, 0.05) is 26.9 Å². The van der Waals surface area contributed by atoms with E-state index in [1.807, 2.05) is 0 Å². The Morgan fingerprint density at radius 2 is 1.81 bits per heavy atom. The van der Waals surface area contributed by atoms with Gasteiger partial charge in [-0.3, -0.25) is 14.5 Å². The molecule has 1 aliphatic heterocycles. The highest BCUT2D eigenvalue weighted by Gasteiger charge is 2.34. The Hall–Kier alpha value is -4.51. The van der Waals surface area contributed by atoms with E-state index in [0.717, 1.165) is 11.8 Å². The Balaban J connectivity index is 1.37. The molecule has 1 fully saturated rings. The number of halogens is 2. The van der Waals surface area contributed by atoms with Gasteiger partial charge in [-0.1, -0.05) is 35.3 Å².